The highest BCUT2D eigenvalue weighted by atomic mass is 16.2. The first-order chi connectivity index (χ1) is 10.9. The van der Waals surface area contributed by atoms with E-state index in [-0.39, 0.29) is 12.1 Å². The maximum absolute atomic E-state index is 12.1. The van der Waals surface area contributed by atoms with Crippen molar-refractivity contribution in [3.8, 4) is 0 Å². The Kier molecular flexibility index (Phi) is 5.42. The molecule has 5 heteroatoms. The molecule has 0 aliphatic heterocycles. The van der Waals surface area contributed by atoms with Gasteiger partial charge in [-0.1, -0.05) is 29.8 Å². The summed E-state index contributed by atoms with van der Waals surface area (Å²) in [5, 5.41) is 10.3. The molecule has 23 heavy (non-hydrogen) atoms. The molecule has 0 saturated heterocycles. The van der Waals surface area contributed by atoms with Crippen molar-refractivity contribution in [1.82, 2.24) is 20.4 Å². The molecule has 5 nitrogen and oxygen atoms in total. The molecule has 0 radical (unpaired) electrons. The molecule has 1 unspecified atom stereocenters. The van der Waals surface area contributed by atoms with E-state index in [9.17, 15) is 4.79 Å². The number of carbonyl (C=O) groups excluding carboxylic acids is 1. The Hall–Kier alpha value is -2.30. The van der Waals surface area contributed by atoms with Crippen molar-refractivity contribution in [2.45, 2.75) is 40.2 Å². The molecule has 0 aliphatic carbocycles. The summed E-state index contributed by atoms with van der Waals surface area (Å²) in [4.78, 5) is 12.1. The van der Waals surface area contributed by atoms with Crippen LogP contribution in [-0.4, -0.2) is 22.4 Å². The minimum Gasteiger partial charge on any atom is -0.338 e. The largest absolute Gasteiger partial charge is 0.338 e. The third kappa shape index (κ3) is 4.34. The van der Waals surface area contributed by atoms with Gasteiger partial charge in [-0.2, -0.15) is 5.10 Å². The SMILES string of the molecule is Cc1cccc(CCNC(=O)NC(C)c2c(C)nn(C)c2C)c1. The smallest absolute Gasteiger partial charge is 0.315 e. The fourth-order valence-corrected chi connectivity index (χ4v) is 2.92. The third-order valence-corrected chi connectivity index (χ3v) is 4.13. The molecule has 2 N–H and O–H groups in total. The van der Waals surface area contributed by atoms with E-state index < -0.39 is 0 Å². The summed E-state index contributed by atoms with van der Waals surface area (Å²) in [6, 6.07) is 8.13. The zero-order valence-corrected chi connectivity index (χ0v) is 14.6. The quantitative estimate of drug-likeness (QED) is 0.891. The van der Waals surface area contributed by atoms with Crippen molar-refractivity contribution in [3.63, 3.8) is 0 Å². The number of benzene rings is 1. The number of amides is 2. The summed E-state index contributed by atoms with van der Waals surface area (Å²) in [5.41, 5.74) is 5.59. The average Bonchev–Trinajstić information content (AvgIpc) is 2.72. The van der Waals surface area contributed by atoms with Gasteiger partial charge in [-0.25, -0.2) is 4.79 Å². The molecule has 2 rings (SSSR count). The van der Waals surface area contributed by atoms with Crippen molar-refractivity contribution in [1.29, 1.82) is 0 Å². The zero-order valence-electron chi connectivity index (χ0n) is 14.6. The maximum Gasteiger partial charge on any atom is 0.315 e. The van der Waals surface area contributed by atoms with E-state index in [1.54, 1.807) is 0 Å². The van der Waals surface area contributed by atoms with E-state index in [1.807, 2.05) is 38.6 Å². The van der Waals surface area contributed by atoms with Crippen LogP contribution in [0, 0.1) is 20.8 Å². The lowest BCUT2D eigenvalue weighted by molar-refractivity contribution is 0.238. The van der Waals surface area contributed by atoms with E-state index in [1.165, 1.54) is 11.1 Å². The number of nitrogens with one attached hydrogen (secondary N) is 2. The van der Waals surface area contributed by atoms with Crippen molar-refractivity contribution >= 4 is 6.03 Å². The number of aryl methyl sites for hydroxylation is 3. The summed E-state index contributed by atoms with van der Waals surface area (Å²) < 4.78 is 1.85. The first kappa shape index (κ1) is 17.1. The summed E-state index contributed by atoms with van der Waals surface area (Å²) in [5.74, 6) is 0. The number of aromatic nitrogens is 2. The minimum atomic E-state index is -0.146. The van der Waals surface area contributed by atoms with Gasteiger partial charge < -0.3 is 10.6 Å². The lowest BCUT2D eigenvalue weighted by Crippen LogP contribution is -2.38. The molecular weight excluding hydrogens is 288 g/mol. The number of carbonyl (C=O) groups is 1. The van der Waals surface area contributed by atoms with Crippen LogP contribution < -0.4 is 10.6 Å². The number of urea groups is 1. The fourth-order valence-electron chi connectivity index (χ4n) is 2.92. The molecule has 1 aromatic carbocycles. The van der Waals surface area contributed by atoms with Crippen molar-refractivity contribution in [2.24, 2.45) is 7.05 Å². The molecule has 0 spiro atoms. The van der Waals surface area contributed by atoms with Crippen LogP contribution in [0.3, 0.4) is 0 Å². The van der Waals surface area contributed by atoms with Crippen LogP contribution in [0.25, 0.3) is 0 Å². The van der Waals surface area contributed by atoms with Gasteiger partial charge in [-0.05, 0) is 39.7 Å². The lowest BCUT2D eigenvalue weighted by Gasteiger charge is -2.15. The number of rotatable bonds is 5. The second kappa shape index (κ2) is 7.31. The first-order valence-corrected chi connectivity index (χ1v) is 7.98. The summed E-state index contributed by atoms with van der Waals surface area (Å²) in [6.07, 6.45) is 0.828. The Bertz CT molecular complexity index is 690. The summed E-state index contributed by atoms with van der Waals surface area (Å²) in [6.45, 7) is 8.66. The second-order valence-corrected chi connectivity index (χ2v) is 6.07. The van der Waals surface area contributed by atoms with Gasteiger partial charge in [0.1, 0.15) is 0 Å². The normalized spacial score (nSPS) is 12.0. The van der Waals surface area contributed by atoms with Crippen LogP contribution >= 0.6 is 0 Å². The highest BCUT2D eigenvalue weighted by molar-refractivity contribution is 5.74. The Morgan fingerprint density at radius 3 is 2.65 bits per heavy atom. The molecule has 0 saturated carbocycles. The minimum absolute atomic E-state index is 0.0670. The van der Waals surface area contributed by atoms with E-state index in [2.05, 4.69) is 40.9 Å². The standard InChI is InChI=1S/C18H26N4O/c1-12-7-6-8-16(11-12)9-10-19-18(23)20-13(2)17-14(3)21-22(5)15(17)4/h6-8,11,13H,9-10H2,1-5H3,(H2,19,20,23). The number of hydrogen-bond acceptors (Lipinski definition) is 2. The van der Waals surface area contributed by atoms with Crippen LogP contribution in [0.4, 0.5) is 4.79 Å². The molecule has 2 aromatic rings. The van der Waals surface area contributed by atoms with E-state index >= 15 is 0 Å². The average molecular weight is 314 g/mol. The molecule has 0 fully saturated rings. The van der Waals surface area contributed by atoms with Gasteiger partial charge in [-0.3, -0.25) is 4.68 Å². The lowest BCUT2D eigenvalue weighted by atomic mass is 10.1. The predicted molar refractivity (Wildman–Crippen MR) is 92.5 cm³/mol. The Morgan fingerprint density at radius 1 is 1.30 bits per heavy atom. The molecule has 1 heterocycles. The predicted octanol–water partition coefficient (Wildman–Crippen LogP) is 2.95. The first-order valence-electron chi connectivity index (χ1n) is 7.98. The van der Waals surface area contributed by atoms with Gasteiger partial charge in [0.25, 0.3) is 0 Å². The number of nitrogens with zero attached hydrogens (tertiary/aromatic N) is 2. The van der Waals surface area contributed by atoms with E-state index in [4.69, 9.17) is 0 Å². The van der Waals surface area contributed by atoms with Gasteiger partial charge in [-0.15, -0.1) is 0 Å². The van der Waals surface area contributed by atoms with Crippen LogP contribution in [0.2, 0.25) is 0 Å². The summed E-state index contributed by atoms with van der Waals surface area (Å²) in [7, 11) is 1.92. The van der Waals surface area contributed by atoms with Crippen LogP contribution in [0.1, 0.15) is 41.0 Å². The molecular formula is C18H26N4O. The third-order valence-electron chi connectivity index (χ3n) is 4.13. The van der Waals surface area contributed by atoms with Crippen LogP contribution in [-0.2, 0) is 13.5 Å². The Balaban J connectivity index is 1.85. The Labute approximate surface area is 138 Å². The molecule has 0 aliphatic rings. The highest BCUT2D eigenvalue weighted by Gasteiger charge is 2.17. The van der Waals surface area contributed by atoms with Gasteiger partial charge >= 0.3 is 6.03 Å². The molecule has 1 aromatic heterocycles. The highest BCUT2D eigenvalue weighted by Crippen LogP contribution is 2.20. The Morgan fingerprint density at radius 2 is 2.04 bits per heavy atom. The van der Waals surface area contributed by atoms with Crippen molar-refractivity contribution in [3.05, 3.63) is 52.3 Å². The maximum atomic E-state index is 12.1. The zero-order chi connectivity index (χ0) is 17.0. The fraction of sp³-hybridized carbons (Fsp3) is 0.444. The van der Waals surface area contributed by atoms with Gasteiger partial charge in [0.05, 0.1) is 11.7 Å². The molecule has 0 bridgehead atoms. The van der Waals surface area contributed by atoms with Crippen molar-refractivity contribution in [2.75, 3.05) is 6.54 Å². The molecule has 1 atom stereocenters. The second-order valence-electron chi connectivity index (χ2n) is 6.07. The summed E-state index contributed by atoms with van der Waals surface area (Å²) >= 11 is 0. The topological polar surface area (TPSA) is 59.0 Å². The van der Waals surface area contributed by atoms with Gasteiger partial charge in [0.2, 0.25) is 0 Å². The van der Waals surface area contributed by atoms with E-state index in [0.29, 0.717) is 6.54 Å². The van der Waals surface area contributed by atoms with Crippen LogP contribution in [0.5, 0.6) is 0 Å². The molecule has 124 valence electrons. The monoisotopic (exact) mass is 314 g/mol. The van der Waals surface area contributed by atoms with Gasteiger partial charge in [0, 0.05) is 24.8 Å². The molecule has 2 amide bonds. The van der Waals surface area contributed by atoms with Gasteiger partial charge in [0.15, 0.2) is 0 Å². The number of hydrogen-bond donors (Lipinski definition) is 2. The van der Waals surface area contributed by atoms with Crippen molar-refractivity contribution < 1.29 is 4.79 Å². The van der Waals surface area contributed by atoms with E-state index in [0.717, 1.165) is 23.4 Å². The van der Waals surface area contributed by atoms with Crippen LogP contribution in [0.15, 0.2) is 24.3 Å².